The van der Waals surface area contributed by atoms with E-state index in [9.17, 15) is 18.0 Å². The van der Waals surface area contributed by atoms with Crippen molar-refractivity contribution >= 4 is 24.3 Å². The molecule has 0 aliphatic rings. The van der Waals surface area contributed by atoms with Gasteiger partial charge in [-0.1, -0.05) is 0 Å². The van der Waals surface area contributed by atoms with E-state index < -0.39 is 17.6 Å². The number of hydrogen-bond acceptors (Lipinski definition) is 4. The Kier molecular flexibility index (Phi) is 6.80. The molecule has 6 nitrogen and oxygen atoms in total. The quantitative estimate of drug-likeness (QED) is 0.503. The van der Waals surface area contributed by atoms with Gasteiger partial charge in [0.15, 0.2) is 0 Å². The highest BCUT2D eigenvalue weighted by Crippen LogP contribution is 2.36. The highest BCUT2D eigenvalue weighted by molar-refractivity contribution is 6.05. The van der Waals surface area contributed by atoms with Gasteiger partial charge in [-0.05, 0) is 23.4 Å². The van der Waals surface area contributed by atoms with Crippen molar-refractivity contribution < 1.29 is 27.5 Å². The number of methoxy groups -OCH3 is 1. The Morgan fingerprint density at radius 2 is 1.95 bits per heavy atom. The second kappa shape index (κ2) is 7.58. The van der Waals surface area contributed by atoms with Crippen LogP contribution in [0.2, 0.25) is 0 Å². The summed E-state index contributed by atoms with van der Waals surface area (Å²) in [6, 6.07) is 2.87. The molecule has 1 amide bonds. The number of oxime groups is 1. The highest BCUT2D eigenvalue weighted by Gasteiger charge is 2.35. The van der Waals surface area contributed by atoms with Crippen molar-refractivity contribution in [2.45, 2.75) is 6.18 Å². The first-order chi connectivity index (χ1) is 9.29. The highest BCUT2D eigenvalue weighted by atomic mass is 35.5. The molecule has 10 heteroatoms. The van der Waals surface area contributed by atoms with E-state index in [1.54, 1.807) is 0 Å². The van der Waals surface area contributed by atoms with E-state index in [-0.39, 0.29) is 29.7 Å². The molecule has 0 saturated carbocycles. The number of nitrogens with one attached hydrogen (secondary N) is 1. The summed E-state index contributed by atoms with van der Waals surface area (Å²) < 4.78 is 43.0. The largest absolute Gasteiger partial charge is 0.496 e. The first-order valence-corrected chi connectivity index (χ1v) is 5.22. The maximum atomic E-state index is 12.8. The van der Waals surface area contributed by atoms with Crippen molar-refractivity contribution in [2.24, 2.45) is 10.9 Å². The molecule has 21 heavy (non-hydrogen) atoms. The van der Waals surface area contributed by atoms with Crippen molar-refractivity contribution in [3.05, 3.63) is 29.3 Å². The second-order valence-electron chi connectivity index (χ2n) is 3.53. The van der Waals surface area contributed by atoms with Crippen LogP contribution in [0.25, 0.3) is 0 Å². The van der Waals surface area contributed by atoms with Crippen LogP contribution in [0.3, 0.4) is 0 Å². The topological polar surface area (TPSA) is 85.9 Å². The van der Waals surface area contributed by atoms with Crippen molar-refractivity contribution in [3.63, 3.8) is 0 Å². The van der Waals surface area contributed by atoms with Crippen LogP contribution >= 0.6 is 12.4 Å². The van der Waals surface area contributed by atoms with Gasteiger partial charge in [-0.2, -0.15) is 13.2 Å². The number of benzene rings is 1. The third-order valence-corrected chi connectivity index (χ3v) is 2.20. The van der Waals surface area contributed by atoms with Crippen LogP contribution in [0, 0.1) is 0 Å². The molecule has 0 aromatic heterocycles. The summed E-state index contributed by atoms with van der Waals surface area (Å²) in [4.78, 5) is 16.0. The molecule has 0 bridgehead atoms. The Balaban J connectivity index is 0.00000400. The van der Waals surface area contributed by atoms with Crippen LogP contribution in [0.1, 0.15) is 15.9 Å². The standard InChI is InChI=1S/C11H12F3N3O3.ClH/c1-19-8-4-3-6(5-7(8)11(12,13)14)9(18)16-10(15)17-20-2;/h3-5H,1-2H3,(H3,15,16,17,18);1H. The van der Waals surface area contributed by atoms with Crippen molar-refractivity contribution in [2.75, 3.05) is 14.2 Å². The minimum absolute atomic E-state index is 0. The van der Waals surface area contributed by atoms with Crippen LogP contribution in [0.15, 0.2) is 23.4 Å². The van der Waals surface area contributed by atoms with Crippen LogP contribution in [-0.2, 0) is 11.0 Å². The Morgan fingerprint density at radius 3 is 2.43 bits per heavy atom. The van der Waals surface area contributed by atoms with E-state index in [1.807, 2.05) is 0 Å². The van der Waals surface area contributed by atoms with Crippen LogP contribution in [0.4, 0.5) is 13.2 Å². The van der Waals surface area contributed by atoms with Gasteiger partial charge in [0.25, 0.3) is 5.91 Å². The predicted molar refractivity (Wildman–Crippen MR) is 71.3 cm³/mol. The number of nitrogens with zero attached hydrogens (tertiary/aromatic N) is 1. The summed E-state index contributed by atoms with van der Waals surface area (Å²) in [5.41, 5.74) is 3.95. The molecular weight excluding hydrogens is 315 g/mol. The van der Waals surface area contributed by atoms with Gasteiger partial charge < -0.3 is 15.3 Å². The lowest BCUT2D eigenvalue weighted by atomic mass is 10.1. The number of hydrogen-bond donors (Lipinski definition) is 2. The maximum Gasteiger partial charge on any atom is 0.419 e. The van der Waals surface area contributed by atoms with Gasteiger partial charge in [-0.25, -0.2) is 0 Å². The fraction of sp³-hybridized carbons (Fsp3) is 0.273. The zero-order chi connectivity index (χ0) is 15.3. The molecule has 0 heterocycles. The zero-order valence-electron chi connectivity index (χ0n) is 11.0. The van der Waals surface area contributed by atoms with Gasteiger partial charge in [-0.15, -0.1) is 12.4 Å². The number of amides is 1. The zero-order valence-corrected chi connectivity index (χ0v) is 11.8. The number of nitrogens with two attached hydrogens (primary N) is 1. The first-order valence-electron chi connectivity index (χ1n) is 5.22. The normalized spacial score (nSPS) is 11.4. The fourth-order valence-corrected chi connectivity index (χ4v) is 1.38. The summed E-state index contributed by atoms with van der Waals surface area (Å²) in [7, 11) is 2.31. The summed E-state index contributed by atoms with van der Waals surface area (Å²) in [5.74, 6) is -1.61. The van der Waals surface area contributed by atoms with Gasteiger partial charge >= 0.3 is 6.18 Å². The summed E-state index contributed by atoms with van der Waals surface area (Å²) >= 11 is 0. The molecule has 1 aromatic rings. The molecule has 0 aliphatic carbocycles. The Labute approximate surface area is 124 Å². The van der Waals surface area contributed by atoms with Crippen LogP contribution in [-0.4, -0.2) is 26.1 Å². The third-order valence-electron chi connectivity index (χ3n) is 2.20. The number of rotatable bonds is 3. The summed E-state index contributed by atoms with van der Waals surface area (Å²) in [6.07, 6.45) is -4.65. The number of alkyl halides is 3. The lowest BCUT2D eigenvalue weighted by Gasteiger charge is -2.13. The van der Waals surface area contributed by atoms with Crippen molar-refractivity contribution in [1.29, 1.82) is 0 Å². The van der Waals surface area contributed by atoms with E-state index in [1.165, 1.54) is 13.2 Å². The summed E-state index contributed by atoms with van der Waals surface area (Å²) in [6.45, 7) is 0. The molecule has 0 spiro atoms. The molecule has 0 fully saturated rings. The fourth-order valence-electron chi connectivity index (χ4n) is 1.38. The smallest absolute Gasteiger partial charge is 0.419 e. The minimum Gasteiger partial charge on any atom is -0.496 e. The van der Waals surface area contributed by atoms with Crippen LogP contribution in [0.5, 0.6) is 5.75 Å². The molecule has 0 unspecified atom stereocenters. The molecule has 3 N–H and O–H groups in total. The number of ether oxygens (including phenoxy) is 1. The van der Waals surface area contributed by atoms with E-state index in [0.717, 1.165) is 13.2 Å². The number of carbonyl (C=O) groups is 1. The van der Waals surface area contributed by atoms with Crippen molar-refractivity contribution in [3.8, 4) is 5.75 Å². The monoisotopic (exact) mass is 327 g/mol. The number of halogens is 4. The SMILES string of the molecule is CON=C(N)NC(=O)c1ccc(OC)c(C(F)(F)F)c1.Cl. The third kappa shape index (κ3) is 5.03. The molecule has 118 valence electrons. The predicted octanol–water partition coefficient (Wildman–Crippen LogP) is 1.74. The molecule has 0 atom stereocenters. The van der Waals surface area contributed by atoms with E-state index in [4.69, 9.17) is 5.73 Å². The average Bonchev–Trinajstić information content (AvgIpc) is 2.37. The molecule has 1 rings (SSSR count). The van der Waals surface area contributed by atoms with Gasteiger partial charge in [0.1, 0.15) is 12.9 Å². The first kappa shape index (κ1) is 18.8. The molecular formula is C11H13ClF3N3O3. The second-order valence-corrected chi connectivity index (χ2v) is 3.53. The molecule has 0 aliphatic heterocycles. The van der Waals surface area contributed by atoms with E-state index in [2.05, 4.69) is 20.0 Å². The van der Waals surface area contributed by atoms with Gasteiger partial charge in [0.05, 0.1) is 12.7 Å². The molecule has 0 saturated heterocycles. The van der Waals surface area contributed by atoms with E-state index in [0.29, 0.717) is 6.07 Å². The van der Waals surface area contributed by atoms with Gasteiger partial charge in [0.2, 0.25) is 5.96 Å². The van der Waals surface area contributed by atoms with Crippen molar-refractivity contribution in [1.82, 2.24) is 5.32 Å². The van der Waals surface area contributed by atoms with Gasteiger partial charge in [0, 0.05) is 5.56 Å². The van der Waals surface area contributed by atoms with Gasteiger partial charge in [-0.3, -0.25) is 10.1 Å². The average molecular weight is 328 g/mol. The Morgan fingerprint density at radius 1 is 1.33 bits per heavy atom. The Hall–Kier alpha value is -2.16. The minimum atomic E-state index is -4.65. The number of guanidine groups is 1. The summed E-state index contributed by atoms with van der Waals surface area (Å²) in [5, 5.41) is 5.28. The van der Waals surface area contributed by atoms with Crippen LogP contribution < -0.4 is 15.8 Å². The molecule has 1 aromatic carbocycles. The lowest BCUT2D eigenvalue weighted by molar-refractivity contribution is -0.138. The Bertz CT molecular complexity index is 535. The maximum absolute atomic E-state index is 12.8. The molecule has 0 radical (unpaired) electrons. The lowest BCUT2D eigenvalue weighted by Crippen LogP contribution is -2.36. The van der Waals surface area contributed by atoms with E-state index >= 15 is 0 Å². The number of carbonyl (C=O) groups excluding carboxylic acids is 1.